The van der Waals surface area contributed by atoms with Gasteiger partial charge >= 0.3 is 5.97 Å². The maximum Gasteiger partial charge on any atom is 0.330 e. The van der Waals surface area contributed by atoms with E-state index in [2.05, 4.69) is 43.8 Å². The van der Waals surface area contributed by atoms with Crippen LogP contribution in [0.2, 0.25) is 0 Å². The number of carbonyl (C=O) groups excluding carboxylic acids is 1. The molecule has 2 fully saturated rings. The van der Waals surface area contributed by atoms with Crippen LogP contribution >= 0.6 is 0 Å². The number of allylic oxidation sites excluding steroid dienone is 1. The maximum atomic E-state index is 10.9. The van der Waals surface area contributed by atoms with E-state index >= 15 is 0 Å². The van der Waals surface area contributed by atoms with Gasteiger partial charge in [-0.05, 0) is 106 Å². The van der Waals surface area contributed by atoms with Crippen molar-refractivity contribution in [2.24, 2.45) is 17.8 Å². The number of benzene rings is 1. The van der Waals surface area contributed by atoms with E-state index in [1.807, 2.05) is 6.08 Å². The molecular formula is C31H46O3. The second kappa shape index (κ2) is 15.1. The third-order valence-electron chi connectivity index (χ3n) is 8.20. The van der Waals surface area contributed by atoms with Gasteiger partial charge in [0.1, 0.15) is 12.4 Å². The van der Waals surface area contributed by atoms with E-state index in [0.29, 0.717) is 6.61 Å². The molecule has 0 heterocycles. The van der Waals surface area contributed by atoms with Crippen molar-refractivity contribution < 1.29 is 14.3 Å². The molecule has 0 aliphatic heterocycles. The Morgan fingerprint density at radius 1 is 0.912 bits per heavy atom. The van der Waals surface area contributed by atoms with E-state index in [1.165, 1.54) is 69.4 Å². The Hall–Kier alpha value is -2.03. The van der Waals surface area contributed by atoms with E-state index in [0.717, 1.165) is 61.7 Å². The van der Waals surface area contributed by atoms with Gasteiger partial charge in [-0.3, -0.25) is 0 Å². The summed E-state index contributed by atoms with van der Waals surface area (Å²) in [6.45, 7) is 6.83. The predicted octanol–water partition coefficient (Wildman–Crippen LogP) is 8.40. The molecule has 0 saturated heterocycles. The molecule has 2 aliphatic rings. The summed E-state index contributed by atoms with van der Waals surface area (Å²) in [7, 11) is 0. The topological polar surface area (TPSA) is 35.5 Å². The minimum absolute atomic E-state index is 0.325. The molecule has 2 saturated carbocycles. The van der Waals surface area contributed by atoms with Crippen molar-refractivity contribution in [2.45, 2.75) is 96.3 Å². The number of rotatable bonds is 13. The van der Waals surface area contributed by atoms with Crippen LogP contribution < -0.4 is 4.74 Å². The van der Waals surface area contributed by atoms with E-state index in [-0.39, 0.29) is 5.97 Å². The third kappa shape index (κ3) is 8.96. The predicted molar refractivity (Wildman–Crippen MR) is 141 cm³/mol. The van der Waals surface area contributed by atoms with Gasteiger partial charge in [0, 0.05) is 6.08 Å². The summed E-state index contributed by atoms with van der Waals surface area (Å²) in [5, 5.41) is 0. The van der Waals surface area contributed by atoms with Crippen LogP contribution in [-0.2, 0) is 9.53 Å². The lowest BCUT2D eigenvalue weighted by atomic mass is 9.68. The van der Waals surface area contributed by atoms with E-state index in [9.17, 15) is 4.79 Å². The first-order chi connectivity index (χ1) is 16.7. The van der Waals surface area contributed by atoms with Crippen LogP contribution in [0.15, 0.2) is 49.1 Å². The minimum Gasteiger partial charge on any atom is -0.494 e. The zero-order valence-corrected chi connectivity index (χ0v) is 21.4. The Labute approximate surface area is 208 Å². The summed E-state index contributed by atoms with van der Waals surface area (Å²) in [6, 6.07) is 8.94. The van der Waals surface area contributed by atoms with Crippen LogP contribution in [0.4, 0.5) is 0 Å². The lowest BCUT2D eigenvalue weighted by molar-refractivity contribution is -0.136. The number of esters is 1. The summed E-state index contributed by atoms with van der Waals surface area (Å²) < 4.78 is 10.9. The SMILES string of the molecule is C=CC(=O)OC/C=C/CCCCCOc1ccc(C2CCC(C3CCC(CC)CC3)CC2)cc1. The Morgan fingerprint density at radius 3 is 2.24 bits per heavy atom. The molecule has 0 amide bonds. The van der Waals surface area contributed by atoms with Crippen LogP contribution in [0.1, 0.15) is 102 Å². The molecule has 1 aromatic carbocycles. The van der Waals surface area contributed by atoms with Crippen molar-refractivity contribution in [3.8, 4) is 5.75 Å². The van der Waals surface area contributed by atoms with Crippen molar-refractivity contribution in [3.05, 3.63) is 54.6 Å². The normalized spacial score (nSPS) is 25.2. The summed E-state index contributed by atoms with van der Waals surface area (Å²) in [6.07, 6.45) is 22.4. The van der Waals surface area contributed by atoms with Crippen molar-refractivity contribution in [1.82, 2.24) is 0 Å². The second-order valence-corrected chi connectivity index (χ2v) is 10.4. The van der Waals surface area contributed by atoms with Gasteiger partial charge in [0.2, 0.25) is 0 Å². The molecule has 0 bridgehead atoms. The smallest absolute Gasteiger partial charge is 0.330 e. The van der Waals surface area contributed by atoms with Crippen LogP contribution in [0.3, 0.4) is 0 Å². The van der Waals surface area contributed by atoms with Gasteiger partial charge in [0.05, 0.1) is 6.61 Å². The highest BCUT2D eigenvalue weighted by molar-refractivity contribution is 5.81. The van der Waals surface area contributed by atoms with Crippen LogP contribution in [0.25, 0.3) is 0 Å². The molecule has 0 aromatic heterocycles. The number of carbonyl (C=O) groups is 1. The second-order valence-electron chi connectivity index (χ2n) is 10.4. The monoisotopic (exact) mass is 466 g/mol. The number of ether oxygens (including phenoxy) is 2. The number of hydrogen-bond acceptors (Lipinski definition) is 3. The minimum atomic E-state index is -0.373. The maximum absolute atomic E-state index is 10.9. The highest BCUT2D eigenvalue weighted by Gasteiger charge is 2.30. The van der Waals surface area contributed by atoms with Crippen LogP contribution in [0.5, 0.6) is 5.75 Å². The molecule has 1 aromatic rings. The molecule has 0 unspecified atom stereocenters. The van der Waals surface area contributed by atoms with E-state index in [1.54, 1.807) is 0 Å². The van der Waals surface area contributed by atoms with Gasteiger partial charge in [0.25, 0.3) is 0 Å². The van der Waals surface area contributed by atoms with Gasteiger partial charge in [-0.25, -0.2) is 4.79 Å². The first-order valence-corrected chi connectivity index (χ1v) is 13.9. The van der Waals surface area contributed by atoms with Crippen molar-refractivity contribution >= 4 is 5.97 Å². The van der Waals surface area contributed by atoms with Crippen LogP contribution in [-0.4, -0.2) is 19.2 Å². The number of hydrogen-bond donors (Lipinski definition) is 0. The van der Waals surface area contributed by atoms with E-state index < -0.39 is 0 Å². The lowest BCUT2D eigenvalue weighted by Gasteiger charge is -2.38. The largest absolute Gasteiger partial charge is 0.494 e. The molecule has 0 atom stereocenters. The van der Waals surface area contributed by atoms with Crippen molar-refractivity contribution in [2.75, 3.05) is 13.2 Å². The Balaban J connectivity index is 1.25. The summed E-state index contributed by atoms with van der Waals surface area (Å²) in [4.78, 5) is 10.9. The molecule has 2 aliphatic carbocycles. The molecular weight excluding hydrogens is 420 g/mol. The van der Waals surface area contributed by atoms with Gasteiger partial charge in [-0.1, -0.05) is 57.0 Å². The molecule has 0 N–H and O–H groups in total. The van der Waals surface area contributed by atoms with Crippen molar-refractivity contribution in [3.63, 3.8) is 0 Å². The molecule has 34 heavy (non-hydrogen) atoms. The fraction of sp³-hybridized carbons (Fsp3) is 0.645. The summed E-state index contributed by atoms with van der Waals surface area (Å²) >= 11 is 0. The van der Waals surface area contributed by atoms with Crippen LogP contribution in [0, 0.1) is 17.8 Å². The molecule has 0 radical (unpaired) electrons. The zero-order chi connectivity index (χ0) is 24.0. The Morgan fingerprint density at radius 2 is 1.59 bits per heavy atom. The highest BCUT2D eigenvalue weighted by atomic mass is 16.5. The average Bonchev–Trinajstić information content (AvgIpc) is 2.90. The summed E-state index contributed by atoms with van der Waals surface area (Å²) in [5.74, 6) is 4.37. The standard InChI is InChI=1S/C31H46O3/c1-3-25-11-13-26(14-12-25)27-15-17-28(18-16-27)29-19-21-30(22-20-29)33-23-9-7-5-6-8-10-24-34-31(32)4-2/h4,8,10,19-22,25-28H,2-3,5-7,9,11-18,23-24H2,1H3/b10-8+. The lowest BCUT2D eigenvalue weighted by Crippen LogP contribution is -2.25. The molecule has 188 valence electrons. The fourth-order valence-corrected chi connectivity index (χ4v) is 5.93. The van der Waals surface area contributed by atoms with Gasteiger partial charge < -0.3 is 9.47 Å². The third-order valence-corrected chi connectivity index (χ3v) is 8.20. The molecule has 3 rings (SSSR count). The average molecular weight is 467 g/mol. The van der Waals surface area contributed by atoms with Gasteiger partial charge in [-0.2, -0.15) is 0 Å². The molecule has 3 nitrogen and oxygen atoms in total. The molecule has 3 heteroatoms. The number of unbranched alkanes of at least 4 members (excludes halogenated alkanes) is 3. The Kier molecular flexibility index (Phi) is 11.8. The van der Waals surface area contributed by atoms with Gasteiger partial charge in [-0.15, -0.1) is 0 Å². The Bertz CT molecular complexity index is 734. The quantitative estimate of drug-likeness (QED) is 0.127. The highest BCUT2D eigenvalue weighted by Crippen LogP contribution is 2.44. The first kappa shape index (κ1) is 26.6. The fourth-order valence-electron chi connectivity index (χ4n) is 5.93. The zero-order valence-electron chi connectivity index (χ0n) is 21.4. The summed E-state index contributed by atoms with van der Waals surface area (Å²) in [5.41, 5.74) is 1.51. The first-order valence-electron chi connectivity index (χ1n) is 13.9. The van der Waals surface area contributed by atoms with Gasteiger partial charge in [0.15, 0.2) is 0 Å². The molecule has 0 spiro atoms. The van der Waals surface area contributed by atoms with Crippen molar-refractivity contribution in [1.29, 1.82) is 0 Å². The van der Waals surface area contributed by atoms with E-state index in [4.69, 9.17) is 9.47 Å².